The van der Waals surface area contributed by atoms with Crippen molar-refractivity contribution in [3.8, 4) is 23.0 Å². The lowest BCUT2D eigenvalue weighted by Gasteiger charge is -2.15. The zero-order chi connectivity index (χ0) is 25.0. The van der Waals surface area contributed by atoms with E-state index in [1.54, 1.807) is 12.1 Å². The van der Waals surface area contributed by atoms with Gasteiger partial charge in [-0.2, -0.15) is 0 Å². The van der Waals surface area contributed by atoms with Gasteiger partial charge < -0.3 is 29.5 Å². The molecule has 0 heterocycles. The second-order valence-electron chi connectivity index (χ2n) is 9.11. The van der Waals surface area contributed by atoms with Gasteiger partial charge in [0.2, 0.25) is 0 Å². The van der Waals surface area contributed by atoms with Gasteiger partial charge in [-0.05, 0) is 88.6 Å². The number of nitrogens with zero attached hydrogens (tertiary/aromatic N) is 2. The van der Waals surface area contributed by atoms with E-state index in [-0.39, 0.29) is 17.3 Å². The molecule has 1 fully saturated rings. The van der Waals surface area contributed by atoms with Crippen LogP contribution in [0.1, 0.15) is 35.1 Å². The lowest BCUT2D eigenvalue weighted by atomic mass is 10.0. The van der Waals surface area contributed by atoms with Crippen LogP contribution < -0.4 is 9.47 Å². The minimum Gasteiger partial charge on any atom is -0.504 e. The fraction of sp³-hybridized carbons (Fsp3) is 0.370. The number of hydrogen-bond acceptors (Lipinski definition) is 7. The molecular formula is C27H34N2O5. The van der Waals surface area contributed by atoms with Crippen molar-refractivity contribution in [3.63, 3.8) is 0 Å². The fourth-order valence-corrected chi connectivity index (χ4v) is 4.16. The second kappa shape index (κ2) is 10.8. The van der Waals surface area contributed by atoms with Gasteiger partial charge in [0, 0.05) is 35.4 Å². The van der Waals surface area contributed by atoms with Crippen LogP contribution in [0.3, 0.4) is 0 Å². The molecule has 1 aliphatic carbocycles. The van der Waals surface area contributed by atoms with Gasteiger partial charge >= 0.3 is 0 Å². The van der Waals surface area contributed by atoms with Crippen molar-refractivity contribution < 1.29 is 24.5 Å². The molecule has 0 aliphatic heterocycles. The number of benzene rings is 2. The van der Waals surface area contributed by atoms with Crippen LogP contribution in [0.2, 0.25) is 0 Å². The highest BCUT2D eigenvalue weighted by molar-refractivity contribution is 6.15. The van der Waals surface area contributed by atoms with Crippen LogP contribution in [-0.2, 0) is 17.9 Å². The maximum absolute atomic E-state index is 13.2. The van der Waals surface area contributed by atoms with E-state index in [0.29, 0.717) is 48.6 Å². The molecule has 7 heteroatoms. The number of methoxy groups -OCH3 is 2. The Kier molecular flexibility index (Phi) is 8.02. The third-order valence-corrected chi connectivity index (χ3v) is 5.69. The molecule has 7 nitrogen and oxygen atoms in total. The SMILES string of the molecule is COc1cc(/C=C2\CC/C(=C\c3cc(CN(C)C)c(O)c(OC)c3)C2=O)cc(CN(C)C)c1O. The third-order valence-electron chi connectivity index (χ3n) is 5.69. The van der Waals surface area contributed by atoms with Gasteiger partial charge in [0.15, 0.2) is 28.8 Å². The summed E-state index contributed by atoms with van der Waals surface area (Å²) < 4.78 is 10.7. The molecular weight excluding hydrogens is 432 g/mol. The molecule has 2 N–H and O–H groups in total. The lowest BCUT2D eigenvalue weighted by Crippen LogP contribution is -2.11. The van der Waals surface area contributed by atoms with Crippen LogP contribution in [0, 0.1) is 0 Å². The molecule has 1 aliphatic rings. The van der Waals surface area contributed by atoms with Gasteiger partial charge in [0.25, 0.3) is 0 Å². The lowest BCUT2D eigenvalue weighted by molar-refractivity contribution is -0.111. The van der Waals surface area contributed by atoms with E-state index in [4.69, 9.17) is 9.47 Å². The first kappa shape index (κ1) is 25.3. The second-order valence-corrected chi connectivity index (χ2v) is 9.11. The Labute approximate surface area is 201 Å². The van der Waals surface area contributed by atoms with E-state index in [1.807, 2.05) is 62.3 Å². The van der Waals surface area contributed by atoms with E-state index < -0.39 is 0 Å². The molecule has 0 spiro atoms. The highest BCUT2D eigenvalue weighted by Gasteiger charge is 2.24. The van der Waals surface area contributed by atoms with E-state index >= 15 is 0 Å². The zero-order valence-corrected chi connectivity index (χ0v) is 20.8. The topological polar surface area (TPSA) is 82.5 Å². The number of aromatic hydroxyl groups is 2. The number of phenols is 2. The van der Waals surface area contributed by atoms with Gasteiger partial charge in [-0.3, -0.25) is 4.79 Å². The first-order valence-corrected chi connectivity index (χ1v) is 11.2. The van der Waals surface area contributed by atoms with Crippen molar-refractivity contribution in [3.05, 3.63) is 57.7 Å². The smallest absolute Gasteiger partial charge is 0.185 e. The minimum atomic E-state index is 0.00222. The van der Waals surface area contributed by atoms with Crippen LogP contribution >= 0.6 is 0 Å². The third kappa shape index (κ3) is 5.79. The molecule has 0 unspecified atom stereocenters. The van der Waals surface area contributed by atoms with Crippen molar-refractivity contribution in [1.82, 2.24) is 9.80 Å². The molecule has 2 aromatic rings. The average molecular weight is 467 g/mol. The van der Waals surface area contributed by atoms with Crippen molar-refractivity contribution in [1.29, 1.82) is 0 Å². The summed E-state index contributed by atoms with van der Waals surface area (Å²) in [5.41, 5.74) is 4.54. The van der Waals surface area contributed by atoms with Crippen molar-refractivity contribution in [2.24, 2.45) is 0 Å². The monoisotopic (exact) mass is 466 g/mol. The van der Waals surface area contributed by atoms with Crippen LogP contribution in [-0.4, -0.2) is 68.2 Å². The molecule has 0 bridgehead atoms. The Bertz CT molecular complexity index is 1040. The first-order chi connectivity index (χ1) is 16.1. The summed E-state index contributed by atoms with van der Waals surface area (Å²) in [6, 6.07) is 7.26. The maximum atomic E-state index is 13.2. The number of hydrogen-bond donors (Lipinski definition) is 2. The summed E-state index contributed by atoms with van der Waals surface area (Å²) in [5.74, 6) is 1.01. The number of rotatable bonds is 8. The number of phenolic OH excluding ortho intramolecular Hbond substituents is 2. The predicted octanol–water partition coefficient (Wildman–Crippen LogP) is 4.07. The van der Waals surface area contributed by atoms with Gasteiger partial charge in [0.1, 0.15) is 0 Å². The molecule has 2 aromatic carbocycles. The minimum absolute atomic E-state index is 0.00222. The summed E-state index contributed by atoms with van der Waals surface area (Å²) in [4.78, 5) is 17.1. The Morgan fingerprint density at radius 2 is 1.15 bits per heavy atom. The van der Waals surface area contributed by atoms with Gasteiger partial charge in [-0.15, -0.1) is 0 Å². The van der Waals surface area contributed by atoms with E-state index in [0.717, 1.165) is 22.3 Å². The number of ether oxygens (including phenoxy) is 2. The highest BCUT2D eigenvalue weighted by Crippen LogP contribution is 2.37. The summed E-state index contributed by atoms with van der Waals surface area (Å²) >= 11 is 0. The van der Waals surface area contributed by atoms with Crippen LogP contribution in [0.15, 0.2) is 35.4 Å². The molecule has 1 saturated carbocycles. The zero-order valence-electron chi connectivity index (χ0n) is 20.8. The molecule has 0 aromatic heterocycles. The Hall–Kier alpha value is -3.29. The quantitative estimate of drug-likeness (QED) is 0.568. The average Bonchev–Trinajstić information content (AvgIpc) is 3.10. The molecule has 182 valence electrons. The molecule has 0 atom stereocenters. The van der Waals surface area contributed by atoms with Crippen molar-refractivity contribution in [2.75, 3.05) is 42.4 Å². The van der Waals surface area contributed by atoms with Gasteiger partial charge in [0.05, 0.1) is 14.2 Å². The highest BCUT2D eigenvalue weighted by atomic mass is 16.5. The Balaban J connectivity index is 1.93. The normalized spacial score (nSPS) is 16.3. The molecule has 0 radical (unpaired) electrons. The number of allylic oxidation sites excluding steroid dienone is 2. The largest absolute Gasteiger partial charge is 0.504 e. The number of carbonyl (C=O) groups excluding carboxylic acids is 1. The summed E-state index contributed by atoms with van der Waals surface area (Å²) in [7, 11) is 10.7. The summed E-state index contributed by atoms with van der Waals surface area (Å²) in [6.45, 7) is 1.10. The standard InChI is InChI=1S/C27H34N2O5/c1-28(2)15-21-11-17(13-23(33-5)26(21)31)9-19-7-8-20(25(19)30)10-18-12-22(16-29(3)4)27(32)24(14-18)34-6/h9-14,31-32H,7-8,15-16H2,1-6H3/b19-9+,20-10+. The van der Waals surface area contributed by atoms with E-state index in [1.165, 1.54) is 14.2 Å². The maximum Gasteiger partial charge on any atom is 0.185 e. The summed E-state index contributed by atoms with van der Waals surface area (Å²) in [5, 5.41) is 20.9. The number of carbonyl (C=O) groups is 1. The summed E-state index contributed by atoms with van der Waals surface area (Å²) in [6.07, 6.45) is 5.02. The van der Waals surface area contributed by atoms with Crippen molar-refractivity contribution in [2.45, 2.75) is 25.9 Å². The first-order valence-electron chi connectivity index (χ1n) is 11.2. The molecule has 0 saturated heterocycles. The van der Waals surface area contributed by atoms with Gasteiger partial charge in [-0.25, -0.2) is 0 Å². The Morgan fingerprint density at radius 3 is 1.47 bits per heavy atom. The van der Waals surface area contributed by atoms with Crippen molar-refractivity contribution >= 4 is 17.9 Å². The molecule has 3 rings (SSSR count). The predicted molar refractivity (Wildman–Crippen MR) is 134 cm³/mol. The van der Waals surface area contributed by atoms with Crippen LogP contribution in [0.5, 0.6) is 23.0 Å². The number of Topliss-reactive ketones (excluding diaryl/α,β-unsaturated/α-hetero) is 1. The fourth-order valence-electron chi connectivity index (χ4n) is 4.16. The van der Waals surface area contributed by atoms with E-state index in [2.05, 4.69) is 0 Å². The molecule has 0 amide bonds. The van der Waals surface area contributed by atoms with E-state index in [9.17, 15) is 15.0 Å². The number of ketones is 1. The van der Waals surface area contributed by atoms with Crippen LogP contribution in [0.25, 0.3) is 12.2 Å². The molecule has 34 heavy (non-hydrogen) atoms. The Morgan fingerprint density at radius 1 is 0.765 bits per heavy atom. The van der Waals surface area contributed by atoms with Gasteiger partial charge in [-0.1, -0.05) is 0 Å². The van der Waals surface area contributed by atoms with Crippen LogP contribution in [0.4, 0.5) is 0 Å².